The Morgan fingerprint density at radius 2 is 1.53 bits per heavy atom. The van der Waals surface area contributed by atoms with Gasteiger partial charge < -0.3 is 5.61 Å². The van der Waals surface area contributed by atoms with E-state index in [1.54, 1.807) is 18.2 Å². The zero-order valence-corrected chi connectivity index (χ0v) is 13.9. The molecular formula is C9H6Cl2N3NaO3S. The Kier molecular flexibility index (Phi) is 5.97. The molecule has 2 rings (SSSR count). The molecule has 0 saturated heterocycles. The van der Waals surface area contributed by atoms with Crippen molar-refractivity contribution < 1.29 is 43.6 Å². The fourth-order valence-corrected chi connectivity index (χ4v) is 2.29. The van der Waals surface area contributed by atoms with Crippen LogP contribution in [0.25, 0.3) is 0 Å². The summed E-state index contributed by atoms with van der Waals surface area (Å²) in [7, 11) is -4.02. The minimum atomic E-state index is -4.02. The van der Waals surface area contributed by atoms with Gasteiger partial charge in [0.15, 0.2) is 0 Å². The number of benzene rings is 1. The maximum atomic E-state index is 11.8. The molecule has 0 aliphatic heterocycles. The van der Waals surface area contributed by atoms with Gasteiger partial charge in [0, 0.05) is 0 Å². The molecule has 10 heteroatoms. The Balaban J connectivity index is 0.00000180. The van der Waals surface area contributed by atoms with Crippen LogP contribution in [0.5, 0.6) is 6.01 Å². The van der Waals surface area contributed by atoms with Crippen LogP contribution in [0, 0.1) is 0 Å². The van der Waals surface area contributed by atoms with E-state index in [1.165, 1.54) is 12.1 Å². The van der Waals surface area contributed by atoms with E-state index in [0.29, 0.717) is 0 Å². The molecule has 0 unspecified atom stereocenters. The van der Waals surface area contributed by atoms with Crippen LogP contribution in [-0.4, -0.2) is 23.4 Å². The van der Waals surface area contributed by atoms with E-state index in [-0.39, 0.29) is 46.4 Å². The minimum absolute atomic E-state index is 0. The van der Waals surface area contributed by atoms with Crippen LogP contribution in [0.3, 0.4) is 0 Å². The maximum absolute atomic E-state index is 11.8. The first kappa shape index (κ1) is 16.6. The molecule has 96 valence electrons. The Bertz CT molecular complexity index is 655. The third-order valence-corrected chi connectivity index (χ3v) is 3.33. The molecule has 0 saturated carbocycles. The number of halogens is 2. The van der Waals surface area contributed by atoms with Crippen LogP contribution in [0.2, 0.25) is 10.6 Å². The summed E-state index contributed by atoms with van der Waals surface area (Å²) >= 11 is 11.0. The second kappa shape index (κ2) is 6.83. The summed E-state index contributed by atoms with van der Waals surface area (Å²) in [6.07, 6.45) is 0. The second-order valence-electron chi connectivity index (χ2n) is 3.01. The van der Waals surface area contributed by atoms with Crippen molar-refractivity contribution in [2.24, 2.45) is 0 Å². The molecule has 0 aliphatic rings. The van der Waals surface area contributed by atoms with Gasteiger partial charge in [0.25, 0.3) is 0 Å². The fraction of sp³-hybridized carbons (Fsp3) is 0. The summed E-state index contributed by atoms with van der Waals surface area (Å²) in [4.78, 5) is 10.4. The second-order valence-corrected chi connectivity index (χ2v) is 5.23. The van der Waals surface area contributed by atoms with E-state index in [1.807, 2.05) is 0 Å². The molecule has 6 nitrogen and oxygen atoms in total. The van der Waals surface area contributed by atoms with E-state index < -0.39 is 16.1 Å². The SMILES string of the molecule is O=S(=O)(Oc1nc(Cl)nc(Cl)n1)c1ccccc1.[H-].[Na+]. The smallest absolute Gasteiger partial charge is 1.00 e. The van der Waals surface area contributed by atoms with Gasteiger partial charge in [-0.15, -0.1) is 0 Å². The summed E-state index contributed by atoms with van der Waals surface area (Å²) in [6.45, 7) is 0. The summed E-state index contributed by atoms with van der Waals surface area (Å²) in [5.41, 5.74) is 0. The molecule has 0 atom stereocenters. The summed E-state index contributed by atoms with van der Waals surface area (Å²) in [6, 6.07) is 7.06. The van der Waals surface area contributed by atoms with Gasteiger partial charge in [-0.1, -0.05) is 18.2 Å². The maximum Gasteiger partial charge on any atom is 1.00 e. The largest absolute Gasteiger partial charge is 1.00 e. The van der Waals surface area contributed by atoms with Crippen molar-refractivity contribution in [2.75, 3.05) is 0 Å². The van der Waals surface area contributed by atoms with Crippen molar-refractivity contribution in [1.29, 1.82) is 0 Å². The topological polar surface area (TPSA) is 82.0 Å². The molecule has 0 aliphatic carbocycles. The standard InChI is InChI=1S/C9H5Cl2N3O3S.Na.H/c10-7-12-8(11)14-9(13-7)17-18(15,16)6-4-2-1-3-5-6;;/h1-5H;;/q;+1;-1. The molecule has 0 bridgehead atoms. The van der Waals surface area contributed by atoms with Crippen LogP contribution in [0.1, 0.15) is 1.43 Å². The normalized spacial score (nSPS) is 10.6. The van der Waals surface area contributed by atoms with Crippen molar-refractivity contribution in [3.63, 3.8) is 0 Å². The summed E-state index contributed by atoms with van der Waals surface area (Å²) < 4.78 is 28.3. The molecule has 19 heavy (non-hydrogen) atoms. The van der Waals surface area contributed by atoms with Crippen LogP contribution in [0.15, 0.2) is 35.2 Å². The molecule has 1 heterocycles. The first-order valence-corrected chi connectivity index (χ1v) is 6.70. The van der Waals surface area contributed by atoms with Gasteiger partial charge in [-0.3, -0.25) is 0 Å². The van der Waals surface area contributed by atoms with E-state index in [0.717, 1.165) is 0 Å². The third kappa shape index (κ3) is 4.55. The molecule has 0 N–H and O–H groups in total. The number of rotatable bonds is 3. The first-order valence-electron chi connectivity index (χ1n) is 4.54. The van der Waals surface area contributed by atoms with E-state index >= 15 is 0 Å². The molecule has 1 aromatic heterocycles. The van der Waals surface area contributed by atoms with Gasteiger partial charge in [-0.25, -0.2) is 0 Å². The number of nitrogens with zero attached hydrogens (tertiary/aromatic N) is 3. The Labute approximate surface area is 143 Å². The van der Waals surface area contributed by atoms with Crippen molar-refractivity contribution in [2.45, 2.75) is 4.90 Å². The number of aromatic nitrogens is 3. The van der Waals surface area contributed by atoms with Gasteiger partial charge in [0.05, 0.1) is 0 Å². The van der Waals surface area contributed by atoms with Crippen molar-refractivity contribution in [3.05, 3.63) is 40.9 Å². The average Bonchev–Trinajstić information content (AvgIpc) is 2.28. The van der Waals surface area contributed by atoms with E-state index in [4.69, 9.17) is 27.4 Å². The average molecular weight is 330 g/mol. The van der Waals surface area contributed by atoms with Crippen LogP contribution >= 0.6 is 23.2 Å². The van der Waals surface area contributed by atoms with Crippen molar-refractivity contribution in [3.8, 4) is 6.01 Å². The molecular weight excluding hydrogens is 324 g/mol. The molecule has 1 aromatic carbocycles. The van der Waals surface area contributed by atoms with E-state index in [9.17, 15) is 8.42 Å². The monoisotopic (exact) mass is 329 g/mol. The van der Waals surface area contributed by atoms with Crippen LogP contribution < -0.4 is 33.7 Å². The molecule has 0 fully saturated rings. The van der Waals surface area contributed by atoms with Crippen molar-refractivity contribution in [1.82, 2.24) is 15.0 Å². The predicted octanol–water partition coefficient (Wildman–Crippen LogP) is -0.937. The quantitative estimate of drug-likeness (QED) is 0.534. The molecule has 0 amide bonds. The van der Waals surface area contributed by atoms with E-state index in [2.05, 4.69) is 15.0 Å². The summed E-state index contributed by atoms with van der Waals surface area (Å²) in [5, 5.41) is -0.512. The molecule has 2 aromatic rings. The van der Waals surface area contributed by atoms with Gasteiger partial charge in [0.1, 0.15) is 4.90 Å². The number of hydrogen-bond donors (Lipinski definition) is 0. The van der Waals surface area contributed by atoms with Gasteiger partial charge in [0.2, 0.25) is 10.6 Å². The molecule has 0 spiro atoms. The minimum Gasteiger partial charge on any atom is -1.00 e. The fourth-order valence-electron chi connectivity index (χ4n) is 1.08. The van der Waals surface area contributed by atoms with Crippen LogP contribution in [0.4, 0.5) is 0 Å². The van der Waals surface area contributed by atoms with Crippen molar-refractivity contribution >= 4 is 33.3 Å². The first-order chi connectivity index (χ1) is 8.47. The van der Waals surface area contributed by atoms with Gasteiger partial charge in [-0.2, -0.15) is 23.4 Å². The number of hydrogen-bond acceptors (Lipinski definition) is 6. The zero-order chi connectivity index (χ0) is 13.2. The zero-order valence-electron chi connectivity index (χ0n) is 10.6. The predicted molar refractivity (Wildman–Crippen MR) is 65.2 cm³/mol. The summed E-state index contributed by atoms with van der Waals surface area (Å²) in [5.74, 6) is 0. The van der Waals surface area contributed by atoms with Gasteiger partial charge >= 0.3 is 45.7 Å². The van der Waals surface area contributed by atoms with Gasteiger partial charge in [-0.05, 0) is 35.3 Å². The third-order valence-electron chi connectivity index (χ3n) is 1.78. The van der Waals surface area contributed by atoms with Crippen LogP contribution in [-0.2, 0) is 10.1 Å². The Morgan fingerprint density at radius 1 is 1.00 bits per heavy atom. The Morgan fingerprint density at radius 3 is 2.05 bits per heavy atom. The molecule has 0 radical (unpaired) electrons. The Hall–Kier alpha value is -0.440.